The van der Waals surface area contributed by atoms with Crippen LogP contribution < -0.4 is 10.3 Å². The molecule has 33 heavy (non-hydrogen) atoms. The molecule has 2 aliphatic carbocycles. The highest BCUT2D eigenvalue weighted by atomic mass is 16.5. The van der Waals surface area contributed by atoms with Crippen molar-refractivity contribution in [1.29, 1.82) is 0 Å². The fourth-order valence-corrected chi connectivity index (χ4v) is 4.28. The Balaban J connectivity index is 1.56. The van der Waals surface area contributed by atoms with E-state index in [2.05, 4.69) is 56.4 Å². The quantitative estimate of drug-likeness (QED) is 0.430. The zero-order valence-electron chi connectivity index (χ0n) is 20.5. The molecular weight excluding hydrogens is 410 g/mol. The molecule has 2 atom stereocenters. The molecule has 2 unspecified atom stereocenters. The van der Waals surface area contributed by atoms with Crippen LogP contribution in [-0.4, -0.2) is 21.1 Å². The van der Waals surface area contributed by atoms with Gasteiger partial charge in [0.15, 0.2) is 0 Å². The number of hydrogen-bond acceptors (Lipinski definition) is 4. The van der Waals surface area contributed by atoms with E-state index in [0.29, 0.717) is 30.3 Å². The Morgan fingerprint density at radius 1 is 1.30 bits per heavy atom. The summed E-state index contributed by atoms with van der Waals surface area (Å²) >= 11 is 0. The van der Waals surface area contributed by atoms with Crippen LogP contribution in [0, 0.1) is 18.3 Å². The van der Waals surface area contributed by atoms with Gasteiger partial charge in [0.1, 0.15) is 5.82 Å². The Morgan fingerprint density at radius 3 is 2.73 bits per heavy atom. The molecule has 0 radical (unpaired) electrons. The lowest BCUT2D eigenvalue weighted by Crippen LogP contribution is -2.17. The summed E-state index contributed by atoms with van der Waals surface area (Å²) in [6, 6.07) is 3.79. The van der Waals surface area contributed by atoms with Crippen molar-refractivity contribution in [2.24, 2.45) is 11.3 Å². The van der Waals surface area contributed by atoms with Gasteiger partial charge in [0.05, 0.1) is 12.2 Å². The Kier molecular flexibility index (Phi) is 6.42. The minimum Gasteiger partial charge on any atom is -0.477 e. The van der Waals surface area contributed by atoms with Gasteiger partial charge in [0.25, 0.3) is 5.56 Å². The van der Waals surface area contributed by atoms with E-state index < -0.39 is 0 Å². The smallest absolute Gasteiger partial charge is 0.250 e. The average Bonchev–Trinajstić information content (AvgIpc) is 3.70. The number of nitrogens with zero attached hydrogens (tertiary/aromatic N) is 3. The number of allylic oxidation sites excluding steroid dienone is 5. The van der Waals surface area contributed by atoms with Crippen LogP contribution in [0.5, 0.6) is 5.88 Å². The van der Waals surface area contributed by atoms with Crippen LogP contribution in [0.25, 0.3) is 11.1 Å². The maximum Gasteiger partial charge on any atom is 0.250 e. The van der Waals surface area contributed by atoms with Gasteiger partial charge in [0.2, 0.25) is 5.88 Å². The van der Waals surface area contributed by atoms with E-state index >= 15 is 0 Å². The van der Waals surface area contributed by atoms with Gasteiger partial charge in [-0.2, -0.15) is 4.98 Å². The van der Waals surface area contributed by atoms with E-state index in [9.17, 15) is 4.79 Å². The van der Waals surface area contributed by atoms with Crippen molar-refractivity contribution in [3.8, 4) is 17.0 Å². The lowest BCUT2D eigenvalue weighted by atomic mass is 9.94. The van der Waals surface area contributed by atoms with E-state index in [1.165, 1.54) is 16.7 Å². The zero-order chi connectivity index (χ0) is 23.8. The first-order valence-electron chi connectivity index (χ1n) is 11.9. The molecule has 2 aromatic rings. The lowest BCUT2D eigenvalue weighted by molar-refractivity contribution is 0.231. The minimum absolute atomic E-state index is 0.0388. The van der Waals surface area contributed by atoms with Crippen LogP contribution in [0.2, 0.25) is 0 Å². The average molecular weight is 446 g/mol. The van der Waals surface area contributed by atoms with Gasteiger partial charge in [-0.1, -0.05) is 43.7 Å². The number of aryl methyl sites for hydroxylation is 1. The van der Waals surface area contributed by atoms with Gasteiger partial charge in [0, 0.05) is 35.5 Å². The fourth-order valence-electron chi connectivity index (χ4n) is 4.28. The van der Waals surface area contributed by atoms with Crippen molar-refractivity contribution in [2.45, 2.75) is 66.3 Å². The summed E-state index contributed by atoms with van der Waals surface area (Å²) in [5, 5.41) is 0. The molecule has 0 aliphatic heterocycles. The van der Waals surface area contributed by atoms with Gasteiger partial charge in [-0.05, 0) is 64.0 Å². The molecule has 5 heteroatoms. The van der Waals surface area contributed by atoms with Crippen LogP contribution >= 0.6 is 0 Å². The predicted molar refractivity (Wildman–Crippen MR) is 133 cm³/mol. The highest BCUT2D eigenvalue weighted by Crippen LogP contribution is 2.58. The highest BCUT2D eigenvalue weighted by molar-refractivity contribution is 5.66. The molecule has 2 aromatic heterocycles. The van der Waals surface area contributed by atoms with Gasteiger partial charge in [-0.25, -0.2) is 4.98 Å². The third kappa shape index (κ3) is 5.18. The molecular formula is C28H35N3O2. The standard InChI is InChI=1S/C28H35N3O2/c1-7-19(4)23(12-8-18(2)3)25-14-28(25,6)17-33-27-24(15-29-20(5)30-27)21-9-13-26(32)31(16-21)22-10-11-22/h8-9,12-13,15-16,22,25H,4,7,10-11,14,17H2,1-3,5-6H3. The Labute approximate surface area is 196 Å². The lowest BCUT2D eigenvalue weighted by Gasteiger charge is -2.17. The molecule has 0 bridgehead atoms. The topological polar surface area (TPSA) is 57.0 Å². The van der Waals surface area contributed by atoms with E-state index in [0.717, 1.165) is 36.8 Å². The van der Waals surface area contributed by atoms with Gasteiger partial charge in [-0.15, -0.1) is 0 Å². The van der Waals surface area contributed by atoms with E-state index in [1.807, 2.05) is 23.8 Å². The third-order valence-corrected chi connectivity index (χ3v) is 6.76. The maximum atomic E-state index is 12.2. The molecule has 2 heterocycles. The first kappa shape index (κ1) is 23.2. The second kappa shape index (κ2) is 9.12. The SMILES string of the molecule is C=C(CC)C(=CC=C(C)C)C1CC1(C)COc1nc(C)ncc1-c1ccc(=O)n(C2CC2)c1. The maximum absolute atomic E-state index is 12.2. The summed E-state index contributed by atoms with van der Waals surface area (Å²) in [5.41, 5.74) is 5.64. The second-order valence-corrected chi connectivity index (χ2v) is 10.1. The van der Waals surface area contributed by atoms with Crippen molar-refractivity contribution in [3.05, 3.63) is 76.2 Å². The molecule has 2 fully saturated rings. The van der Waals surface area contributed by atoms with E-state index in [1.54, 1.807) is 12.3 Å². The van der Waals surface area contributed by atoms with Crippen molar-refractivity contribution in [1.82, 2.24) is 14.5 Å². The molecule has 0 saturated heterocycles. The highest BCUT2D eigenvalue weighted by Gasteiger charge is 2.52. The summed E-state index contributed by atoms with van der Waals surface area (Å²) in [6.45, 7) is 15.4. The van der Waals surface area contributed by atoms with E-state index in [-0.39, 0.29) is 11.0 Å². The Bertz CT molecular complexity index is 1180. The first-order valence-corrected chi connectivity index (χ1v) is 11.9. The summed E-state index contributed by atoms with van der Waals surface area (Å²) in [4.78, 5) is 21.3. The Hall–Kier alpha value is -2.95. The van der Waals surface area contributed by atoms with Crippen molar-refractivity contribution in [3.63, 3.8) is 0 Å². The van der Waals surface area contributed by atoms with Crippen molar-refractivity contribution >= 4 is 0 Å². The number of aromatic nitrogens is 3. The van der Waals surface area contributed by atoms with Crippen molar-refractivity contribution in [2.75, 3.05) is 6.61 Å². The largest absolute Gasteiger partial charge is 0.477 e. The van der Waals surface area contributed by atoms with Crippen LogP contribution in [0.4, 0.5) is 0 Å². The first-order chi connectivity index (χ1) is 15.7. The molecule has 0 aromatic carbocycles. The molecule has 174 valence electrons. The molecule has 2 aliphatic rings. The number of pyridine rings is 1. The normalized spacial score (nSPS) is 22.1. The fraction of sp³-hybridized carbons (Fsp3) is 0.464. The molecule has 4 rings (SSSR count). The van der Waals surface area contributed by atoms with E-state index in [4.69, 9.17) is 4.74 Å². The molecule has 2 saturated carbocycles. The van der Waals surface area contributed by atoms with Gasteiger partial charge < -0.3 is 9.30 Å². The van der Waals surface area contributed by atoms with Crippen LogP contribution in [0.3, 0.4) is 0 Å². The summed E-state index contributed by atoms with van der Waals surface area (Å²) < 4.78 is 8.18. The van der Waals surface area contributed by atoms with Gasteiger partial charge >= 0.3 is 0 Å². The molecule has 5 nitrogen and oxygen atoms in total. The Morgan fingerprint density at radius 2 is 2.06 bits per heavy atom. The second-order valence-electron chi connectivity index (χ2n) is 10.1. The number of hydrogen-bond donors (Lipinski definition) is 0. The third-order valence-electron chi connectivity index (χ3n) is 6.76. The molecule has 0 amide bonds. The summed E-state index contributed by atoms with van der Waals surface area (Å²) in [6.07, 6.45) is 12.3. The minimum atomic E-state index is 0.0388. The van der Waals surface area contributed by atoms with Crippen LogP contribution in [0.15, 0.2) is 64.8 Å². The number of rotatable bonds is 9. The van der Waals surface area contributed by atoms with Crippen LogP contribution in [-0.2, 0) is 0 Å². The van der Waals surface area contributed by atoms with Gasteiger partial charge in [-0.3, -0.25) is 4.79 Å². The molecule has 0 N–H and O–H groups in total. The zero-order valence-corrected chi connectivity index (χ0v) is 20.5. The monoisotopic (exact) mass is 445 g/mol. The van der Waals surface area contributed by atoms with Crippen molar-refractivity contribution < 1.29 is 4.74 Å². The van der Waals surface area contributed by atoms with Crippen LogP contribution in [0.1, 0.15) is 65.2 Å². The summed E-state index contributed by atoms with van der Waals surface area (Å²) in [7, 11) is 0. The number of ether oxygens (including phenoxy) is 1. The molecule has 0 spiro atoms. The predicted octanol–water partition coefficient (Wildman–Crippen LogP) is 6.21. The summed E-state index contributed by atoms with van der Waals surface area (Å²) in [5.74, 6) is 1.69.